The van der Waals surface area contributed by atoms with Gasteiger partial charge in [-0.05, 0) is 0 Å². The van der Waals surface area contributed by atoms with Crippen LogP contribution in [0.3, 0.4) is 0 Å². The minimum absolute atomic E-state index is 0. The molecule has 94 valence electrons. The maximum atomic E-state index is 9.76. The number of carboxylic acid groups (broad SMARTS) is 2. The summed E-state index contributed by atoms with van der Waals surface area (Å²) in [5, 5.41) is 16.0. The zero-order chi connectivity index (χ0) is 11.7. The molecule has 0 saturated carbocycles. The fraction of sp³-hybridized carbons (Fsp3) is 0.667. The van der Waals surface area contributed by atoms with Crippen LogP contribution in [0.5, 0.6) is 0 Å². The molecule has 0 rings (SSSR count). The minimum Gasteiger partial charge on any atom is -0.480 e. The Morgan fingerprint density at radius 3 is 1.20 bits per heavy atom. The molecule has 0 aromatic heterocycles. The molecule has 15 heavy (non-hydrogen) atoms. The molecule has 6 N–H and O–H groups in total. The quantitative estimate of drug-likeness (QED) is 0.302. The van der Waals surface area contributed by atoms with E-state index in [1.54, 1.807) is 0 Å². The van der Waals surface area contributed by atoms with Crippen LogP contribution >= 0.6 is 25.3 Å². The molecule has 0 saturated heterocycles. The van der Waals surface area contributed by atoms with Gasteiger partial charge in [0.05, 0.1) is 0 Å². The average molecular weight is 437 g/mol. The smallest absolute Gasteiger partial charge is 0.321 e. The van der Waals surface area contributed by atoms with Gasteiger partial charge < -0.3 is 21.7 Å². The van der Waals surface area contributed by atoms with E-state index in [1.165, 1.54) is 0 Å². The molecule has 0 aliphatic heterocycles. The van der Waals surface area contributed by atoms with E-state index in [0.29, 0.717) is 0 Å². The third-order valence-electron chi connectivity index (χ3n) is 1.03. The molecule has 0 fully saturated rings. The molecule has 0 bridgehead atoms. The molecule has 2 atom stereocenters. The number of thiol groups is 2. The first-order chi connectivity index (χ1) is 6.36. The number of carbonyl (C=O) groups is 2. The monoisotopic (exact) mass is 437 g/mol. The molecule has 0 heterocycles. The second-order valence-corrected chi connectivity index (χ2v) is 2.98. The van der Waals surface area contributed by atoms with Crippen molar-refractivity contribution in [3.05, 3.63) is 0 Å². The molecule has 0 radical (unpaired) electrons. The summed E-state index contributed by atoms with van der Waals surface area (Å²) in [6, 6.07) is -1.63. The Morgan fingerprint density at radius 1 is 1.00 bits per heavy atom. The van der Waals surface area contributed by atoms with Crippen LogP contribution in [-0.2, 0) is 30.7 Å². The molecule has 0 aromatic rings. The summed E-state index contributed by atoms with van der Waals surface area (Å²) in [5.41, 5.74) is 9.88. The summed E-state index contributed by atoms with van der Waals surface area (Å²) in [4.78, 5) is 19.5. The van der Waals surface area contributed by atoms with Crippen LogP contribution in [0.15, 0.2) is 0 Å². The van der Waals surface area contributed by atoms with Crippen molar-refractivity contribution in [2.75, 3.05) is 11.5 Å². The molecule has 6 nitrogen and oxygen atoms in total. The Hall–Kier alpha value is 0.248. The van der Waals surface area contributed by atoms with E-state index in [0.717, 1.165) is 0 Å². The maximum Gasteiger partial charge on any atom is 0.321 e. The number of carboxylic acids is 2. The second-order valence-electron chi connectivity index (χ2n) is 2.25. The van der Waals surface area contributed by atoms with Crippen molar-refractivity contribution < 1.29 is 40.9 Å². The molecule has 0 amide bonds. The summed E-state index contributed by atoms with van der Waals surface area (Å²) >= 11 is 7.30. The molecule has 2 unspecified atom stereocenters. The first-order valence-electron chi connectivity index (χ1n) is 3.55. The fourth-order valence-corrected chi connectivity index (χ4v) is 0.469. The molecule has 0 aliphatic rings. The predicted octanol–water partition coefficient (Wildman–Crippen LogP) is -1.35. The zero-order valence-electron chi connectivity index (χ0n) is 7.65. The summed E-state index contributed by atoms with van der Waals surface area (Å²) in [6.45, 7) is 0. The number of nitrogens with two attached hydrogens (primary N) is 2. The van der Waals surface area contributed by atoms with Gasteiger partial charge in [-0.25, -0.2) is 0 Å². The van der Waals surface area contributed by atoms with Gasteiger partial charge >= 0.3 is 11.9 Å². The maximum absolute atomic E-state index is 9.76. The Morgan fingerprint density at radius 2 is 1.20 bits per heavy atom. The van der Waals surface area contributed by atoms with Crippen molar-refractivity contribution in [1.29, 1.82) is 0 Å². The van der Waals surface area contributed by atoms with Crippen LogP contribution in [0.4, 0.5) is 0 Å². The van der Waals surface area contributed by atoms with Crippen molar-refractivity contribution in [2.45, 2.75) is 12.1 Å². The van der Waals surface area contributed by atoms with Gasteiger partial charge in [-0.3, -0.25) is 9.59 Å². The van der Waals surface area contributed by atoms with E-state index in [-0.39, 0.29) is 32.6 Å². The SMILES string of the molecule is NC(CS)C(=O)O.NC(CS)C(=O)O.[Pt]. The van der Waals surface area contributed by atoms with Crippen LogP contribution < -0.4 is 11.5 Å². The molecule has 9 heteroatoms. The normalized spacial score (nSPS) is 12.5. The third kappa shape index (κ3) is 14.2. The van der Waals surface area contributed by atoms with Crippen molar-refractivity contribution in [2.24, 2.45) is 11.5 Å². The van der Waals surface area contributed by atoms with Crippen molar-refractivity contribution in [3.63, 3.8) is 0 Å². The van der Waals surface area contributed by atoms with Crippen molar-refractivity contribution >= 4 is 37.2 Å². The second kappa shape index (κ2) is 12.3. The number of rotatable bonds is 4. The van der Waals surface area contributed by atoms with E-state index in [1.807, 2.05) is 0 Å². The van der Waals surface area contributed by atoms with Gasteiger partial charge in [-0.1, -0.05) is 0 Å². The van der Waals surface area contributed by atoms with E-state index >= 15 is 0 Å². The first kappa shape index (κ1) is 20.6. The summed E-state index contributed by atoms with van der Waals surface area (Å²) in [7, 11) is 0. The standard InChI is InChI=1S/2C3H7NO2S.Pt/c2*4-2(1-7)3(5)6;/h2*2,7H,1,4H2,(H,5,6);. The Bertz CT molecular complexity index is 176. The molecular formula is C6H14N2O4PtS2. The summed E-state index contributed by atoms with van der Waals surface area (Å²) < 4.78 is 0. The summed E-state index contributed by atoms with van der Waals surface area (Å²) in [5.74, 6) is -1.63. The largest absolute Gasteiger partial charge is 0.480 e. The van der Waals surface area contributed by atoms with Crippen molar-refractivity contribution in [1.82, 2.24) is 0 Å². The number of aliphatic carboxylic acids is 2. The Kier molecular flexibility index (Phi) is 16.9. The molecule has 0 aliphatic carbocycles. The van der Waals surface area contributed by atoms with Crippen LogP contribution in [0.25, 0.3) is 0 Å². The van der Waals surface area contributed by atoms with E-state index in [4.69, 9.17) is 21.7 Å². The van der Waals surface area contributed by atoms with E-state index < -0.39 is 24.0 Å². The van der Waals surface area contributed by atoms with Crippen LogP contribution in [0, 0.1) is 0 Å². The van der Waals surface area contributed by atoms with Crippen molar-refractivity contribution in [3.8, 4) is 0 Å². The Balaban J connectivity index is -0.000000180. The van der Waals surface area contributed by atoms with E-state index in [9.17, 15) is 9.59 Å². The Labute approximate surface area is 113 Å². The van der Waals surface area contributed by atoms with Gasteiger partial charge in [-0.15, -0.1) is 0 Å². The molecule has 0 spiro atoms. The number of hydrogen-bond acceptors (Lipinski definition) is 6. The zero-order valence-corrected chi connectivity index (χ0v) is 11.7. The molecule has 0 aromatic carbocycles. The van der Waals surface area contributed by atoms with Crippen LogP contribution in [0.1, 0.15) is 0 Å². The van der Waals surface area contributed by atoms with Gasteiger partial charge in [0.2, 0.25) is 0 Å². The third-order valence-corrected chi connectivity index (χ3v) is 1.81. The van der Waals surface area contributed by atoms with Gasteiger partial charge in [0.25, 0.3) is 0 Å². The van der Waals surface area contributed by atoms with Gasteiger partial charge in [0.15, 0.2) is 0 Å². The van der Waals surface area contributed by atoms with Crippen LogP contribution in [-0.4, -0.2) is 45.7 Å². The molecular weight excluding hydrogens is 423 g/mol. The van der Waals surface area contributed by atoms with E-state index in [2.05, 4.69) is 25.3 Å². The van der Waals surface area contributed by atoms with Gasteiger partial charge in [0.1, 0.15) is 12.1 Å². The predicted molar refractivity (Wildman–Crippen MR) is 58.9 cm³/mol. The van der Waals surface area contributed by atoms with Gasteiger partial charge in [0, 0.05) is 32.6 Å². The number of hydrogen-bond donors (Lipinski definition) is 6. The fourth-order valence-electron chi connectivity index (χ4n) is 0.156. The average Bonchev–Trinajstić information content (AvgIpc) is 2.15. The van der Waals surface area contributed by atoms with Gasteiger partial charge in [-0.2, -0.15) is 25.3 Å². The summed E-state index contributed by atoms with van der Waals surface area (Å²) in [6.07, 6.45) is 0. The topological polar surface area (TPSA) is 127 Å². The first-order valence-corrected chi connectivity index (χ1v) is 4.81. The minimum atomic E-state index is -1.00. The van der Waals surface area contributed by atoms with Crippen LogP contribution in [0.2, 0.25) is 0 Å².